The summed E-state index contributed by atoms with van der Waals surface area (Å²) < 4.78 is 33.0. The first-order valence-corrected chi connectivity index (χ1v) is 11.8. The molecule has 2 aromatic carbocycles. The average molecular weight is 437 g/mol. The van der Waals surface area contributed by atoms with Gasteiger partial charge in [0.15, 0.2) is 0 Å². The van der Waals surface area contributed by atoms with E-state index < -0.39 is 10.0 Å². The van der Waals surface area contributed by atoms with Crippen LogP contribution in [0.5, 0.6) is 0 Å². The third kappa shape index (κ3) is 4.48. The Kier molecular flexibility index (Phi) is 6.07. The van der Waals surface area contributed by atoms with Crippen LogP contribution in [-0.2, 0) is 10.0 Å². The van der Waals surface area contributed by atoms with Crippen LogP contribution < -0.4 is 5.32 Å². The molecule has 0 spiro atoms. The number of nitrogens with zero attached hydrogens (tertiary/aromatic N) is 3. The van der Waals surface area contributed by atoms with Gasteiger partial charge in [-0.1, -0.05) is 36.8 Å². The van der Waals surface area contributed by atoms with E-state index in [1.54, 1.807) is 24.3 Å². The number of anilines is 1. The van der Waals surface area contributed by atoms with Crippen molar-refractivity contribution in [2.75, 3.05) is 18.4 Å². The molecule has 1 atom stereocenters. The quantitative estimate of drug-likeness (QED) is 0.608. The normalized spacial score (nSPS) is 15.9. The molecule has 4 rings (SSSR count). The highest BCUT2D eigenvalue weighted by molar-refractivity contribution is 7.89. The van der Waals surface area contributed by atoms with Gasteiger partial charge in [0.25, 0.3) is 0 Å². The number of hydrogen-bond acceptors (Lipinski definition) is 6. The van der Waals surface area contributed by atoms with Crippen LogP contribution in [0.1, 0.15) is 43.5 Å². The summed E-state index contributed by atoms with van der Waals surface area (Å²) in [7, 11) is -3.50. The summed E-state index contributed by atoms with van der Waals surface area (Å²) >= 11 is 0. The van der Waals surface area contributed by atoms with Crippen molar-refractivity contribution in [1.82, 2.24) is 9.29 Å². The summed E-state index contributed by atoms with van der Waals surface area (Å²) in [5.41, 5.74) is 1.81. The van der Waals surface area contributed by atoms with Gasteiger partial charge in [0, 0.05) is 18.7 Å². The number of aromatic nitrogens is 1. The molecule has 1 unspecified atom stereocenters. The summed E-state index contributed by atoms with van der Waals surface area (Å²) in [6, 6.07) is 18.2. The molecule has 0 aliphatic carbocycles. The van der Waals surface area contributed by atoms with Crippen molar-refractivity contribution >= 4 is 15.9 Å². The molecular formula is C23H24N4O3S. The van der Waals surface area contributed by atoms with Gasteiger partial charge >= 0.3 is 0 Å². The Bertz CT molecular complexity index is 1180. The van der Waals surface area contributed by atoms with Crippen molar-refractivity contribution < 1.29 is 12.8 Å². The van der Waals surface area contributed by atoms with Crippen LogP contribution in [-0.4, -0.2) is 30.8 Å². The zero-order valence-electron chi connectivity index (χ0n) is 17.3. The number of rotatable bonds is 6. The average Bonchev–Trinajstić information content (AvgIpc) is 3.23. The van der Waals surface area contributed by atoms with Crippen molar-refractivity contribution in [3.8, 4) is 17.5 Å². The van der Waals surface area contributed by atoms with Crippen LogP contribution in [0.25, 0.3) is 11.5 Å². The largest absolute Gasteiger partial charge is 0.419 e. The highest BCUT2D eigenvalue weighted by atomic mass is 32.2. The van der Waals surface area contributed by atoms with Gasteiger partial charge in [0.2, 0.25) is 27.5 Å². The van der Waals surface area contributed by atoms with Crippen LogP contribution >= 0.6 is 0 Å². The molecule has 0 amide bonds. The maximum absolute atomic E-state index is 12.8. The van der Waals surface area contributed by atoms with Gasteiger partial charge in [0.1, 0.15) is 6.07 Å². The molecule has 31 heavy (non-hydrogen) atoms. The van der Waals surface area contributed by atoms with Crippen molar-refractivity contribution in [2.45, 2.75) is 37.1 Å². The number of sulfonamides is 1. The molecule has 2 heterocycles. The van der Waals surface area contributed by atoms with Crippen LogP contribution in [0.4, 0.5) is 5.88 Å². The molecule has 0 saturated carbocycles. The van der Waals surface area contributed by atoms with Gasteiger partial charge in [-0.3, -0.25) is 0 Å². The minimum atomic E-state index is -3.50. The second kappa shape index (κ2) is 8.92. The van der Waals surface area contributed by atoms with E-state index in [-0.39, 0.29) is 22.5 Å². The molecule has 0 radical (unpaired) electrons. The molecule has 1 fully saturated rings. The number of piperidine rings is 1. The number of nitrogens with one attached hydrogen (secondary N) is 1. The first-order chi connectivity index (χ1) is 15.0. The Hall–Kier alpha value is -3.15. The molecule has 8 heteroatoms. The van der Waals surface area contributed by atoms with E-state index in [1.165, 1.54) is 4.31 Å². The van der Waals surface area contributed by atoms with E-state index in [0.717, 1.165) is 24.8 Å². The van der Waals surface area contributed by atoms with Crippen LogP contribution in [0.3, 0.4) is 0 Å². The fourth-order valence-corrected chi connectivity index (χ4v) is 5.18. The number of nitriles is 1. The molecule has 1 aromatic heterocycles. The second-order valence-corrected chi connectivity index (χ2v) is 9.51. The fourth-order valence-electron chi connectivity index (χ4n) is 3.66. The molecule has 160 valence electrons. The smallest absolute Gasteiger partial charge is 0.243 e. The summed E-state index contributed by atoms with van der Waals surface area (Å²) in [6.45, 7) is 3.09. The molecule has 1 N–H and O–H groups in total. The number of benzene rings is 2. The maximum atomic E-state index is 12.8. The SMILES string of the molecule is CC(Nc1oc(-c2ccc(S(=O)(=O)N3CCCCC3)cc2)nc1C#N)c1ccccc1. The van der Waals surface area contributed by atoms with E-state index in [0.29, 0.717) is 24.5 Å². The van der Waals surface area contributed by atoms with E-state index in [4.69, 9.17) is 4.42 Å². The molecule has 7 nitrogen and oxygen atoms in total. The zero-order chi connectivity index (χ0) is 21.8. The van der Waals surface area contributed by atoms with Gasteiger partial charge in [-0.15, -0.1) is 0 Å². The summed E-state index contributed by atoms with van der Waals surface area (Å²) in [5, 5.41) is 12.7. The number of hydrogen-bond donors (Lipinski definition) is 1. The topological polar surface area (TPSA) is 99.2 Å². The third-order valence-corrected chi connectivity index (χ3v) is 7.35. The monoisotopic (exact) mass is 436 g/mol. The molecule has 3 aromatic rings. The zero-order valence-corrected chi connectivity index (χ0v) is 18.1. The highest BCUT2D eigenvalue weighted by Gasteiger charge is 2.26. The van der Waals surface area contributed by atoms with Gasteiger partial charge < -0.3 is 9.73 Å². The number of oxazole rings is 1. The Labute approximate surface area is 182 Å². The van der Waals surface area contributed by atoms with E-state index in [2.05, 4.69) is 16.4 Å². The minimum Gasteiger partial charge on any atom is -0.419 e. The molecule has 1 saturated heterocycles. The lowest BCUT2D eigenvalue weighted by Gasteiger charge is -2.25. The lowest BCUT2D eigenvalue weighted by molar-refractivity contribution is 0.346. The first kappa shape index (κ1) is 21.1. The molecule has 0 bridgehead atoms. The van der Waals surface area contributed by atoms with Crippen molar-refractivity contribution in [2.24, 2.45) is 0 Å². The van der Waals surface area contributed by atoms with Gasteiger partial charge in [-0.25, -0.2) is 8.42 Å². The molecular weight excluding hydrogens is 412 g/mol. The Morgan fingerprint density at radius 1 is 1.06 bits per heavy atom. The van der Waals surface area contributed by atoms with Crippen LogP contribution in [0, 0.1) is 11.3 Å². The van der Waals surface area contributed by atoms with Gasteiger partial charge in [0.05, 0.1) is 10.9 Å². The van der Waals surface area contributed by atoms with Gasteiger partial charge in [-0.2, -0.15) is 14.6 Å². The van der Waals surface area contributed by atoms with E-state index in [1.807, 2.05) is 37.3 Å². The Morgan fingerprint density at radius 3 is 2.39 bits per heavy atom. The lowest BCUT2D eigenvalue weighted by atomic mass is 10.1. The maximum Gasteiger partial charge on any atom is 0.243 e. The minimum absolute atomic E-state index is 0.0776. The second-order valence-electron chi connectivity index (χ2n) is 7.57. The summed E-state index contributed by atoms with van der Waals surface area (Å²) in [4.78, 5) is 4.53. The van der Waals surface area contributed by atoms with Crippen molar-refractivity contribution in [3.63, 3.8) is 0 Å². The van der Waals surface area contributed by atoms with Crippen LogP contribution in [0.2, 0.25) is 0 Å². The lowest BCUT2D eigenvalue weighted by Crippen LogP contribution is -2.35. The fraction of sp³-hybridized carbons (Fsp3) is 0.304. The Morgan fingerprint density at radius 2 is 1.74 bits per heavy atom. The predicted molar refractivity (Wildman–Crippen MR) is 118 cm³/mol. The van der Waals surface area contributed by atoms with E-state index in [9.17, 15) is 13.7 Å². The molecule has 1 aliphatic heterocycles. The predicted octanol–water partition coefficient (Wildman–Crippen LogP) is 4.56. The molecule has 1 aliphatic rings. The van der Waals surface area contributed by atoms with Crippen molar-refractivity contribution in [3.05, 3.63) is 65.9 Å². The van der Waals surface area contributed by atoms with Crippen LogP contribution in [0.15, 0.2) is 63.9 Å². The van der Waals surface area contributed by atoms with E-state index >= 15 is 0 Å². The highest BCUT2D eigenvalue weighted by Crippen LogP contribution is 2.29. The summed E-state index contributed by atoms with van der Waals surface area (Å²) in [5.74, 6) is 0.556. The van der Waals surface area contributed by atoms with Crippen molar-refractivity contribution in [1.29, 1.82) is 5.26 Å². The summed E-state index contributed by atoms with van der Waals surface area (Å²) in [6.07, 6.45) is 2.85. The van der Waals surface area contributed by atoms with Gasteiger partial charge in [-0.05, 0) is 49.6 Å². The first-order valence-electron chi connectivity index (χ1n) is 10.3. The Balaban J connectivity index is 1.55. The standard InChI is InChI=1S/C23H24N4O3S/c1-17(18-8-4-2-5-9-18)25-23-21(16-24)26-22(30-23)19-10-12-20(13-11-19)31(28,29)27-14-6-3-7-15-27/h2,4-5,8-13,17,25H,3,6-7,14-15H2,1H3. The third-order valence-electron chi connectivity index (χ3n) is 5.43.